The molecule has 140 valence electrons. The summed E-state index contributed by atoms with van der Waals surface area (Å²) in [5.41, 5.74) is 1.35. The smallest absolute Gasteiger partial charge is 0.271 e. The van der Waals surface area contributed by atoms with E-state index in [9.17, 15) is 9.59 Å². The Morgan fingerprint density at radius 3 is 2.22 bits per heavy atom. The number of likely N-dealkylation sites (tertiary alicyclic amines) is 1. The number of carbonyl (C=O) groups excluding carboxylic acids is 2. The van der Waals surface area contributed by atoms with Gasteiger partial charge in [0.15, 0.2) is 0 Å². The summed E-state index contributed by atoms with van der Waals surface area (Å²) in [4.78, 5) is 27.6. The quantitative estimate of drug-likeness (QED) is 0.681. The topological polar surface area (TPSA) is 49.4 Å². The first kappa shape index (κ1) is 19.6. The highest BCUT2D eigenvalue weighted by molar-refractivity contribution is 9.15. The highest BCUT2D eigenvalue weighted by atomic mass is 79.9. The number of benzene rings is 2. The van der Waals surface area contributed by atoms with E-state index in [1.807, 2.05) is 24.3 Å². The third kappa shape index (κ3) is 4.79. The van der Waals surface area contributed by atoms with Gasteiger partial charge in [0.2, 0.25) is 0 Å². The van der Waals surface area contributed by atoms with Crippen molar-refractivity contribution in [3.8, 4) is 0 Å². The van der Waals surface area contributed by atoms with Crippen LogP contribution in [0.2, 0.25) is 5.02 Å². The lowest BCUT2D eigenvalue weighted by molar-refractivity contribution is -0.128. The van der Waals surface area contributed by atoms with Crippen molar-refractivity contribution in [3.05, 3.63) is 76.4 Å². The molecule has 1 fully saturated rings. The minimum Gasteiger partial charge on any atom is -0.337 e. The average Bonchev–Trinajstić information content (AvgIpc) is 2.72. The number of hydrogen-bond acceptors (Lipinski definition) is 2. The summed E-state index contributed by atoms with van der Waals surface area (Å²) in [7, 11) is 0. The fourth-order valence-corrected chi connectivity index (χ4v) is 3.97. The second-order valence-electron chi connectivity index (χ2n) is 6.34. The van der Waals surface area contributed by atoms with Gasteiger partial charge in [-0.3, -0.25) is 9.59 Å². The summed E-state index contributed by atoms with van der Waals surface area (Å²) in [6, 6.07) is 16.0. The third-order valence-corrected chi connectivity index (χ3v) is 5.61. The van der Waals surface area contributed by atoms with E-state index in [1.54, 1.807) is 35.2 Å². The molecule has 1 heterocycles. The van der Waals surface area contributed by atoms with Gasteiger partial charge in [-0.05, 0) is 53.4 Å². The zero-order valence-electron chi connectivity index (χ0n) is 14.8. The van der Waals surface area contributed by atoms with E-state index in [2.05, 4.69) is 21.2 Å². The molecule has 27 heavy (non-hydrogen) atoms. The Morgan fingerprint density at radius 2 is 1.56 bits per heavy atom. The van der Waals surface area contributed by atoms with E-state index < -0.39 is 0 Å². The molecule has 0 saturated carbocycles. The predicted molar refractivity (Wildman–Crippen MR) is 112 cm³/mol. The van der Waals surface area contributed by atoms with Gasteiger partial charge in [0.1, 0.15) is 5.70 Å². The van der Waals surface area contributed by atoms with Crippen molar-refractivity contribution in [2.45, 2.75) is 19.3 Å². The van der Waals surface area contributed by atoms with Gasteiger partial charge in [0.25, 0.3) is 11.8 Å². The molecule has 2 aromatic carbocycles. The molecule has 0 aliphatic carbocycles. The molecule has 1 aliphatic rings. The first-order chi connectivity index (χ1) is 13.1. The van der Waals surface area contributed by atoms with Crippen LogP contribution < -0.4 is 5.32 Å². The molecule has 2 amide bonds. The molecule has 1 aliphatic heterocycles. The SMILES string of the molecule is O=C(N/C(C(=O)N1CCCCC1)=C(\Br)c1ccccc1Cl)c1ccccc1. The largest absolute Gasteiger partial charge is 0.337 e. The van der Waals surface area contributed by atoms with Gasteiger partial charge in [-0.15, -0.1) is 0 Å². The summed E-state index contributed by atoms with van der Waals surface area (Å²) in [5.74, 6) is -0.536. The van der Waals surface area contributed by atoms with Gasteiger partial charge in [-0.2, -0.15) is 0 Å². The highest BCUT2D eigenvalue weighted by Crippen LogP contribution is 2.31. The number of amides is 2. The zero-order valence-corrected chi connectivity index (χ0v) is 17.1. The molecule has 1 N–H and O–H groups in total. The molecular formula is C21H20BrClN2O2. The molecular weight excluding hydrogens is 428 g/mol. The summed E-state index contributed by atoms with van der Waals surface area (Å²) < 4.78 is 0.480. The Labute approximate surface area is 172 Å². The molecule has 0 spiro atoms. The van der Waals surface area contributed by atoms with Crippen molar-refractivity contribution in [1.29, 1.82) is 0 Å². The molecule has 6 heteroatoms. The van der Waals surface area contributed by atoms with Crippen LogP contribution in [0.4, 0.5) is 0 Å². The van der Waals surface area contributed by atoms with E-state index in [1.165, 1.54) is 0 Å². The lowest BCUT2D eigenvalue weighted by Crippen LogP contribution is -2.41. The summed E-state index contributed by atoms with van der Waals surface area (Å²) in [6.45, 7) is 1.37. The fourth-order valence-electron chi connectivity index (χ4n) is 3.01. The van der Waals surface area contributed by atoms with E-state index >= 15 is 0 Å². The number of nitrogens with one attached hydrogen (secondary N) is 1. The minimum atomic E-state index is -0.333. The van der Waals surface area contributed by atoms with Gasteiger partial charge < -0.3 is 10.2 Å². The Morgan fingerprint density at radius 1 is 0.926 bits per heavy atom. The van der Waals surface area contributed by atoms with Crippen LogP contribution in [0.25, 0.3) is 4.48 Å². The van der Waals surface area contributed by atoms with Crippen molar-refractivity contribution in [2.24, 2.45) is 0 Å². The minimum absolute atomic E-state index is 0.203. The Hall–Kier alpha value is -2.11. The number of halogens is 2. The van der Waals surface area contributed by atoms with Crippen molar-refractivity contribution in [1.82, 2.24) is 10.2 Å². The Bertz CT molecular complexity index is 861. The maximum absolute atomic E-state index is 13.2. The Balaban J connectivity index is 1.98. The molecule has 0 radical (unpaired) electrons. The van der Waals surface area contributed by atoms with Crippen LogP contribution in [0.1, 0.15) is 35.2 Å². The zero-order chi connectivity index (χ0) is 19.2. The third-order valence-electron chi connectivity index (χ3n) is 4.46. The van der Waals surface area contributed by atoms with Crippen LogP contribution in [0, 0.1) is 0 Å². The van der Waals surface area contributed by atoms with E-state index in [4.69, 9.17) is 11.6 Å². The molecule has 4 nitrogen and oxygen atoms in total. The number of carbonyl (C=O) groups is 2. The van der Waals surface area contributed by atoms with Crippen LogP contribution in [0.5, 0.6) is 0 Å². The summed E-state index contributed by atoms with van der Waals surface area (Å²) in [6.07, 6.45) is 3.05. The highest BCUT2D eigenvalue weighted by Gasteiger charge is 2.25. The normalized spacial score (nSPS) is 15.1. The van der Waals surface area contributed by atoms with Crippen LogP contribution in [0.3, 0.4) is 0 Å². The fraction of sp³-hybridized carbons (Fsp3) is 0.238. The maximum Gasteiger partial charge on any atom is 0.271 e. The van der Waals surface area contributed by atoms with E-state index in [0.717, 1.165) is 19.3 Å². The van der Waals surface area contributed by atoms with Crippen molar-refractivity contribution in [3.63, 3.8) is 0 Å². The number of piperidine rings is 1. The van der Waals surface area contributed by atoms with E-state index in [-0.39, 0.29) is 17.5 Å². The maximum atomic E-state index is 13.2. The summed E-state index contributed by atoms with van der Waals surface area (Å²) in [5, 5.41) is 3.30. The van der Waals surface area contributed by atoms with Gasteiger partial charge >= 0.3 is 0 Å². The first-order valence-electron chi connectivity index (χ1n) is 8.88. The van der Waals surface area contributed by atoms with Crippen molar-refractivity contribution in [2.75, 3.05) is 13.1 Å². The molecule has 0 atom stereocenters. The summed E-state index contributed by atoms with van der Waals surface area (Å²) >= 11 is 9.81. The predicted octanol–water partition coefficient (Wildman–Crippen LogP) is 4.85. The first-order valence-corrected chi connectivity index (χ1v) is 10.1. The lowest BCUT2D eigenvalue weighted by Gasteiger charge is -2.28. The van der Waals surface area contributed by atoms with Gasteiger partial charge in [-0.25, -0.2) is 0 Å². The van der Waals surface area contributed by atoms with Crippen LogP contribution in [-0.4, -0.2) is 29.8 Å². The average molecular weight is 448 g/mol. The number of hydrogen-bond donors (Lipinski definition) is 1. The van der Waals surface area contributed by atoms with E-state index in [0.29, 0.717) is 33.7 Å². The molecule has 0 unspecified atom stereocenters. The van der Waals surface area contributed by atoms with Crippen LogP contribution in [0.15, 0.2) is 60.3 Å². The molecule has 0 aromatic heterocycles. The van der Waals surface area contributed by atoms with Crippen LogP contribution in [-0.2, 0) is 4.79 Å². The standard InChI is InChI=1S/C21H20BrClN2O2/c22-18(16-11-5-6-12-17(16)23)19(21(27)25-13-7-2-8-14-25)24-20(26)15-9-3-1-4-10-15/h1,3-6,9-12H,2,7-8,13-14H2,(H,24,26)/b19-18-. The van der Waals surface area contributed by atoms with Gasteiger partial charge in [0.05, 0.1) is 4.48 Å². The number of nitrogens with zero attached hydrogens (tertiary/aromatic N) is 1. The molecule has 0 bridgehead atoms. The van der Waals surface area contributed by atoms with Crippen molar-refractivity contribution >= 4 is 43.8 Å². The molecule has 1 saturated heterocycles. The van der Waals surface area contributed by atoms with Gasteiger partial charge in [-0.1, -0.05) is 48.0 Å². The lowest BCUT2D eigenvalue weighted by atomic mass is 10.1. The second-order valence-corrected chi connectivity index (χ2v) is 7.54. The monoisotopic (exact) mass is 446 g/mol. The Kier molecular flexibility index (Phi) is 6.69. The van der Waals surface area contributed by atoms with Gasteiger partial charge in [0, 0.05) is 29.2 Å². The second kappa shape index (κ2) is 9.20. The number of rotatable bonds is 4. The molecule has 2 aromatic rings. The van der Waals surface area contributed by atoms with Crippen molar-refractivity contribution < 1.29 is 9.59 Å². The molecule has 3 rings (SSSR count). The van der Waals surface area contributed by atoms with Crippen LogP contribution >= 0.6 is 27.5 Å².